The molecular weight excluding hydrogens is 352 g/mol. The molecule has 0 unspecified atom stereocenters. The maximum Gasteiger partial charge on any atom is 0.270 e. The standard InChI is InChI=1S/C17H12N6O4/c24-12-5-3-7-23-15(12)19-8-10(17(23)26)16(25)20-9-13-21-14(22-27-13)11-4-1-2-6-18-11/h1-8,24H,9H2,(H,20,25). The van der Waals surface area contributed by atoms with Gasteiger partial charge in [-0.2, -0.15) is 4.98 Å². The Morgan fingerprint density at radius 3 is 2.93 bits per heavy atom. The highest BCUT2D eigenvalue weighted by Crippen LogP contribution is 2.13. The Balaban J connectivity index is 1.52. The van der Waals surface area contributed by atoms with Gasteiger partial charge in [-0.3, -0.25) is 19.0 Å². The van der Waals surface area contributed by atoms with E-state index in [2.05, 4.69) is 25.4 Å². The molecule has 10 nitrogen and oxygen atoms in total. The molecule has 0 saturated carbocycles. The number of aromatic hydroxyl groups is 1. The minimum absolute atomic E-state index is 0.0657. The predicted octanol–water partition coefficient (Wildman–Crippen LogP) is 0.775. The summed E-state index contributed by atoms with van der Waals surface area (Å²) in [5, 5.41) is 16.0. The molecule has 0 atom stereocenters. The smallest absolute Gasteiger partial charge is 0.270 e. The van der Waals surface area contributed by atoms with Gasteiger partial charge in [-0.25, -0.2) is 4.98 Å². The SMILES string of the molecule is O=C(NCc1nc(-c2ccccn2)no1)c1cnc2c(O)cccn2c1=O. The van der Waals surface area contributed by atoms with Crippen LogP contribution in [0.15, 0.2) is 58.2 Å². The van der Waals surface area contributed by atoms with Gasteiger partial charge in [0.15, 0.2) is 11.4 Å². The minimum atomic E-state index is -0.650. The van der Waals surface area contributed by atoms with Crippen LogP contribution in [0.2, 0.25) is 0 Å². The van der Waals surface area contributed by atoms with Crippen molar-refractivity contribution >= 4 is 11.6 Å². The Kier molecular flexibility index (Phi) is 4.05. The van der Waals surface area contributed by atoms with E-state index in [1.165, 1.54) is 18.3 Å². The molecule has 1 amide bonds. The second-order valence-corrected chi connectivity index (χ2v) is 5.47. The van der Waals surface area contributed by atoms with Crippen molar-refractivity contribution in [2.45, 2.75) is 6.54 Å². The van der Waals surface area contributed by atoms with Crippen LogP contribution in [-0.4, -0.2) is 35.5 Å². The molecule has 4 heterocycles. The van der Waals surface area contributed by atoms with Crippen LogP contribution in [0.1, 0.15) is 16.2 Å². The normalized spacial score (nSPS) is 10.8. The van der Waals surface area contributed by atoms with E-state index >= 15 is 0 Å². The van der Waals surface area contributed by atoms with Crippen LogP contribution in [0.3, 0.4) is 0 Å². The molecule has 2 N–H and O–H groups in total. The first-order valence-electron chi connectivity index (χ1n) is 7.85. The van der Waals surface area contributed by atoms with E-state index in [0.29, 0.717) is 11.5 Å². The zero-order chi connectivity index (χ0) is 18.8. The zero-order valence-corrected chi connectivity index (χ0v) is 13.7. The number of aromatic nitrogens is 5. The van der Waals surface area contributed by atoms with Gasteiger partial charge in [0.25, 0.3) is 11.5 Å². The van der Waals surface area contributed by atoms with E-state index in [9.17, 15) is 14.7 Å². The Morgan fingerprint density at radius 2 is 2.11 bits per heavy atom. The highest BCUT2D eigenvalue weighted by Gasteiger charge is 2.16. The van der Waals surface area contributed by atoms with Crippen molar-refractivity contribution in [3.8, 4) is 17.3 Å². The van der Waals surface area contributed by atoms with Crippen molar-refractivity contribution in [2.24, 2.45) is 0 Å². The number of rotatable bonds is 4. The number of nitrogens with zero attached hydrogens (tertiary/aromatic N) is 5. The summed E-state index contributed by atoms with van der Waals surface area (Å²) in [7, 11) is 0. The summed E-state index contributed by atoms with van der Waals surface area (Å²) in [5.41, 5.74) is -0.178. The van der Waals surface area contributed by atoms with Crippen LogP contribution < -0.4 is 10.9 Å². The molecule has 27 heavy (non-hydrogen) atoms. The van der Waals surface area contributed by atoms with Gasteiger partial charge in [-0.1, -0.05) is 11.2 Å². The maximum atomic E-state index is 12.4. The second kappa shape index (κ2) is 6.67. The van der Waals surface area contributed by atoms with Crippen molar-refractivity contribution in [3.05, 3.63) is 70.7 Å². The van der Waals surface area contributed by atoms with Crippen molar-refractivity contribution in [3.63, 3.8) is 0 Å². The molecule has 0 aliphatic carbocycles. The molecule has 0 fully saturated rings. The van der Waals surface area contributed by atoms with Gasteiger partial charge in [0.2, 0.25) is 11.7 Å². The topological polar surface area (TPSA) is 136 Å². The van der Waals surface area contributed by atoms with Gasteiger partial charge in [0.1, 0.15) is 11.3 Å². The maximum absolute atomic E-state index is 12.4. The molecule has 4 aromatic rings. The zero-order valence-electron chi connectivity index (χ0n) is 13.7. The molecule has 0 aliphatic heterocycles. The fourth-order valence-corrected chi connectivity index (χ4v) is 2.42. The largest absolute Gasteiger partial charge is 0.504 e. The van der Waals surface area contributed by atoms with Crippen LogP contribution in [0.5, 0.6) is 5.75 Å². The van der Waals surface area contributed by atoms with E-state index < -0.39 is 11.5 Å². The molecule has 10 heteroatoms. The number of nitrogens with one attached hydrogen (secondary N) is 1. The van der Waals surface area contributed by atoms with Gasteiger partial charge in [0.05, 0.1) is 6.54 Å². The highest BCUT2D eigenvalue weighted by molar-refractivity contribution is 5.93. The summed E-state index contributed by atoms with van der Waals surface area (Å²) in [6.45, 7) is -0.0686. The molecule has 0 radical (unpaired) electrons. The number of hydrogen-bond acceptors (Lipinski definition) is 8. The van der Waals surface area contributed by atoms with Crippen LogP contribution in [0, 0.1) is 0 Å². The van der Waals surface area contributed by atoms with E-state index in [4.69, 9.17) is 4.52 Å². The fourth-order valence-electron chi connectivity index (χ4n) is 2.42. The van der Waals surface area contributed by atoms with Gasteiger partial charge in [-0.05, 0) is 24.3 Å². The summed E-state index contributed by atoms with van der Waals surface area (Å²) in [6, 6.07) is 8.16. The average molecular weight is 364 g/mol. The average Bonchev–Trinajstić information content (AvgIpc) is 3.17. The van der Waals surface area contributed by atoms with Crippen LogP contribution in [0.4, 0.5) is 0 Å². The van der Waals surface area contributed by atoms with Crippen LogP contribution >= 0.6 is 0 Å². The third-order valence-corrected chi connectivity index (χ3v) is 3.72. The number of fused-ring (bicyclic) bond motifs is 1. The van der Waals surface area contributed by atoms with Crippen molar-refractivity contribution in [1.29, 1.82) is 0 Å². The number of carbonyl (C=O) groups excluding carboxylic acids is 1. The highest BCUT2D eigenvalue weighted by atomic mass is 16.5. The Bertz CT molecular complexity index is 1180. The first-order chi connectivity index (χ1) is 13.1. The van der Waals surface area contributed by atoms with E-state index in [-0.39, 0.29) is 29.4 Å². The molecule has 0 saturated heterocycles. The predicted molar refractivity (Wildman–Crippen MR) is 91.8 cm³/mol. The van der Waals surface area contributed by atoms with Crippen molar-refractivity contribution in [1.82, 2.24) is 29.8 Å². The second-order valence-electron chi connectivity index (χ2n) is 5.47. The number of carbonyl (C=O) groups is 1. The Labute approximate surface area is 151 Å². The number of hydrogen-bond donors (Lipinski definition) is 2. The van der Waals surface area contributed by atoms with Gasteiger partial charge in [-0.15, -0.1) is 0 Å². The van der Waals surface area contributed by atoms with Crippen molar-refractivity contribution < 1.29 is 14.4 Å². The molecule has 4 rings (SSSR count). The third kappa shape index (κ3) is 3.11. The minimum Gasteiger partial charge on any atom is -0.504 e. The number of amides is 1. The van der Waals surface area contributed by atoms with Crippen LogP contribution in [-0.2, 0) is 6.54 Å². The molecular formula is C17H12N6O4. The molecule has 0 bridgehead atoms. The van der Waals surface area contributed by atoms with Crippen molar-refractivity contribution in [2.75, 3.05) is 0 Å². The van der Waals surface area contributed by atoms with Gasteiger partial charge < -0.3 is 14.9 Å². The van der Waals surface area contributed by atoms with Gasteiger partial charge in [0, 0.05) is 18.6 Å². The quantitative estimate of drug-likeness (QED) is 0.542. The molecule has 0 aliphatic rings. The van der Waals surface area contributed by atoms with Crippen LogP contribution in [0.25, 0.3) is 17.2 Å². The number of pyridine rings is 2. The summed E-state index contributed by atoms with van der Waals surface area (Å²) < 4.78 is 6.17. The summed E-state index contributed by atoms with van der Waals surface area (Å²) in [4.78, 5) is 36.9. The lowest BCUT2D eigenvalue weighted by Gasteiger charge is -2.05. The summed E-state index contributed by atoms with van der Waals surface area (Å²) in [6.07, 6.45) is 4.13. The molecule has 4 aromatic heterocycles. The Hall–Kier alpha value is -4.08. The molecule has 0 spiro atoms. The monoisotopic (exact) mass is 364 g/mol. The first kappa shape index (κ1) is 16.4. The lowest BCUT2D eigenvalue weighted by atomic mass is 10.3. The summed E-state index contributed by atoms with van der Waals surface area (Å²) in [5.74, 6) is -0.351. The van der Waals surface area contributed by atoms with E-state index in [1.807, 2.05) is 0 Å². The lowest BCUT2D eigenvalue weighted by Crippen LogP contribution is -2.31. The fraction of sp³-hybridized carbons (Fsp3) is 0.0588. The first-order valence-corrected chi connectivity index (χ1v) is 7.85. The Morgan fingerprint density at radius 1 is 1.22 bits per heavy atom. The molecule has 134 valence electrons. The van der Waals surface area contributed by atoms with E-state index in [0.717, 1.165) is 10.6 Å². The summed E-state index contributed by atoms with van der Waals surface area (Å²) >= 11 is 0. The molecule has 0 aromatic carbocycles. The van der Waals surface area contributed by atoms with E-state index in [1.54, 1.807) is 24.4 Å². The lowest BCUT2D eigenvalue weighted by molar-refractivity contribution is 0.0944. The third-order valence-electron chi connectivity index (χ3n) is 3.72. The van der Waals surface area contributed by atoms with Gasteiger partial charge >= 0.3 is 0 Å².